The van der Waals surface area contributed by atoms with Crippen molar-refractivity contribution in [3.8, 4) is 0 Å². The molecule has 0 aliphatic carbocycles. The number of aryl methyl sites for hydroxylation is 1. The van der Waals surface area contributed by atoms with Crippen LogP contribution in [-0.2, 0) is 14.8 Å². The van der Waals surface area contributed by atoms with Gasteiger partial charge in [0.15, 0.2) is 0 Å². The van der Waals surface area contributed by atoms with E-state index in [9.17, 15) is 13.2 Å². The first kappa shape index (κ1) is 19.1. The Morgan fingerprint density at radius 3 is 2.38 bits per heavy atom. The van der Waals surface area contributed by atoms with E-state index in [0.717, 1.165) is 13.3 Å². The van der Waals surface area contributed by atoms with Crippen molar-refractivity contribution in [2.75, 3.05) is 19.3 Å². The minimum Gasteiger partial charge on any atom is -0.480 e. The van der Waals surface area contributed by atoms with Gasteiger partial charge in [0.1, 0.15) is 11.4 Å². The second-order valence-corrected chi connectivity index (χ2v) is 6.08. The predicted octanol–water partition coefficient (Wildman–Crippen LogP) is 1.31. The van der Waals surface area contributed by atoms with Gasteiger partial charge in [-0.05, 0) is 24.6 Å². The van der Waals surface area contributed by atoms with Crippen molar-refractivity contribution >= 4 is 27.9 Å². The molecule has 0 fully saturated rings. The van der Waals surface area contributed by atoms with Gasteiger partial charge < -0.3 is 16.2 Å². The summed E-state index contributed by atoms with van der Waals surface area (Å²) in [6, 6.07) is 2.94. The third kappa shape index (κ3) is 4.54. The average molecular weight is 315 g/mol. The van der Waals surface area contributed by atoms with Gasteiger partial charge >= 0.3 is 5.97 Å². The highest BCUT2D eigenvalue weighted by Gasteiger charge is 2.26. The summed E-state index contributed by atoms with van der Waals surface area (Å²) >= 11 is 0. The van der Waals surface area contributed by atoms with Crippen molar-refractivity contribution < 1.29 is 18.3 Å². The highest BCUT2D eigenvalue weighted by molar-refractivity contribution is 7.89. The molecule has 0 bridgehead atoms. The van der Waals surface area contributed by atoms with E-state index in [1.54, 1.807) is 13.0 Å². The normalized spacial score (nSPS) is 10.7. The minimum atomic E-state index is -4.00. The molecule has 118 valence electrons. The summed E-state index contributed by atoms with van der Waals surface area (Å²) < 4.78 is 25.1. The molecule has 0 aliphatic rings. The Bertz CT molecular complexity index is 627. The molecule has 0 spiro atoms. The number of nitrogens with one attached hydrogen (secondary N) is 1. The fourth-order valence-electron chi connectivity index (χ4n) is 1.57. The first-order valence-corrected chi connectivity index (χ1v) is 7.73. The van der Waals surface area contributed by atoms with E-state index in [0.29, 0.717) is 9.87 Å². The zero-order valence-electron chi connectivity index (χ0n) is 12.5. The zero-order valence-corrected chi connectivity index (χ0v) is 13.4. The van der Waals surface area contributed by atoms with Crippen LogP contribution in [0.2, 0.25) is 0 Å². The summed E-state index contributed by atoms with van der Waals surface area (Å²) in [5.74, 6) is -1.26. The van der Waals surface area contributed by atoms with E-state index >= 15 is 0 Å². The molecule has 1 rings (SSSR count). The summed E-state index contributed by atoms with van der Waals surface area (Å²) in [6.45, 7) is 5.01. The van der Waals surface area contributed by atoms with Crippen LogP contribution in [0.5, 0.6) is 0 Å². The van der Waals surface area contributed by atoms with Gasteiger partial charge in [0.2, 0.25) is 10.0 Å². The number of likely N-dealkylation sites (N-methyl/N-ethyl adjacent to an activating group) is 1. The fourth-order valence-corrected chi connectivity index (χ4v) is 2.91. The third-order valence-electron chi connectivity index (χ3n) is 2.52. The van der Waals surface area contributed by atoms with Crippen LogP contribution in [0.4, 0.5) is 5.69 Å². The van der Waals surface area contributed by atoms with Crippen LogP contribution in [-0.4, -0.2) is 43.6 Å². The molecule has 0 aromatic heterocycles. The van der Waals surface area contributed by atoms with Crippen molar-refractivity contribution in [3.05, 3.63) is 23.3 Å². The second-order valence-electron chi connectivity index (χ2n) is 4.07. The molecule has 0 radical (unpaired) electrons. The van der Waals surface area contributed by atoms with Crippen LogP contribution in [0.1, 0.15) is 25.0 Å². The van der Waals surface area contributed by atoms with Gasteiger partial charge in [0, 0.05) is 18.8 Å². The van der Waals surface area contributed by atoms with Crippen molar-refractivity contribution in [3.63, 3.8) is 0 Å². The van der Waals surface area contributed by atoms with E-state index in [4.69, 9.17) is 16.2 Å². The van der Waals surface area contributed by atoms with Crippen LogP contribution >= 0.6 is 0 Å². The van der Waals surface area contributed by atoms with Crippen molar-refractivity contribution in [2.45, 2.75) is 25.7 Å². The van der Waals surface area contributed by atoms with Gasteiger partial charge in [0.05, 0.1) is 5.69 Å². The average Bonchev–Trinajstić information content (AvgIpc) is 2.42. The molecule has 1 aromatic carbocycles. The number of carboxylic acids is 1. The van der Waals surface area contributed by atoms with Crippen LogP contribution in [0.25, 0.3) is 0 Å². The molecular formula is C13H21N3O4S. The molecular weight excluding hydrogens is 294 g/mol. The number of aliphatic carboxylic acids is 1. The predicted molar refractivity (Wildman–Crippen MR) is 82.3 cm³/mol. The van der Waals surface area contributed by atoms with Gasteiger partial charge in [-0.15, -0.1) is 0 Å². The number of hydrogen-bond acceptors (Lipinski definition) is 5. The van der Waals surface area contributed by atoms with Crippen molar-refractivity contribution in [2.24, 2.45) is 0 Å². The molecule has 0 amide bonds. The quantitative estimate of drug-likeness (QED) is 0.558. The molecule has 0 heterocycles. The molecule has 0 saturated carbocycles. The topological polar surface area (TPSA) is 125 Å². The largest absolute Gasteiger partial charge is 0.480 e. The molecule has 21 heavy (non-hydrogen) atoms. The number of rotatable bonds is 5. The number of sulfonamides is 1. The molecule has 4 N–H and O–H groups in total. The van der Waals surface area contributed by atoms with E-state index in [1.807, 2.05) is 13.8 Å². The van der Waals surface area contributed by atoms with Gasteiger partial charge in [-0.2, -0.15) is 4.31 Å². The Hall–Kier alpha value is -1.93. The molecule has 0 unspecified atom stereocenters. The van der Waals surface area contributed by atoms with Gasteiger partial charge in [-0.1, -0.05) is 13.8 Å². The van der Waals surface area contributed by atoms with Crippen LogP contribution in [0.15, 0.2) is 17.0 Å². The Morgan fingerprint density at radius 2 is 1.95 bits per heavy atom. The fraction of sp³-hybridized carbons (Fsp3) is 0.385. The van der Waals surface area contributed by atoms with Crippen molar-refractivity contribution in [1.29, 1.82) is 5.41 Å². The van der Waals surface area contributed by atoms with E-state index < -0.39 is 22.5 Å². The first-order chi connectivity index (χ1) is 9.70. The van der Waals surface area contributed by atoms with Crippen LogP contribution in [0, 0.1) is 12.3 Å². The van der Waals surface area contributed by atoms with Crippen LogP contribution in [0.3, 0.4) is 0 Å². The number of carboxylic acid groups (broad SMARTS) is 1. The highest BCUT2D eigenvalue weighted by Crippen LogP contribution is 2.25. The Labute approximate surface area is 124 Å². The monoisotopic (exact) mass is 315 g/mol. The summed E-state index contributed by atoms with van der Waals surface area (Å²) in [5.41, 5.74) is 6.56. The number of hydrogen-bond donors (Lipinski definition) is 3. The lowest BCUT2D eigenvalue weighted by molar-refractivity contribution is -0.137. The Kier molecular flexibility index (Phi) is 7.04. The standard InChI is InChI=1S/C11H15N3O4S.C2H6/c1-7-3-8(5-12)11(13)9(4-7)19(17,18)14(2)6-10(15)16;1-2/h3-5,12H,6,13H2,1-2H3,(H,15,16);1-2H3. The van der Waals surface area contributed by atoms with Crippen LogP contribution < -0.4 is 5.73 Å². The smallest absolute Gasteiger partial charge is 0.318 e. The molecule has 7 nitrogen and oxygen atoms in total. The van der Waals surface area contributed by atoms with E-state index in [-0.39, 0.29) is 16.1 Å². The summed E-state index contributed by atoms with van der Waals surface area (Å²) in [7, 11) is -2.83. The maximum Gasteiger partial charge on any atom is 0.318 e. The lowest BCUT2D eigenvalue weighted by atomic mass is 10.1. The summed E-state index contributed by atoms with van der Waals surface area (Å²) in [6.07, 6.45) is 0.957. The number of anilines is 1. The zero-order chi connectivity index (χ0) is 16.8. The third-order valence-corrected chi connectivity index (χ3v) is 4.36. The molecule has 0 aliphatic heterocycles. The Morgan fingerprint density at radius 1 is 1.43 bits per heavy atom. The van der Waals surface area contributed by atoms with Crippen molar-refractivity contribution in [1.82, 2.24) is 4.31 Å². The molecule has 0 atom stereocenters. The second kappa shape index (κ2) is 7.75. The molecule has 0 saturated heterocycles. The number of nitrogen functional groups attached to an aromatic ring is 1. The first-order valence-electron chi connectivity index (χ1n) is 6.29. The SMILES string of the molecule is CC.Cc1cc(C=N)c(N)c(S(=O)(=O)N(C)CC(=O)O)c1. The summed E-state index contributed by atoms with van der Waals surface area (Å²) in [4.78, 5) is 10.4. The Balaban J connectivity index is 0.00000191. The van der Waals surface area contributed by atoms with E-state index in [1.165, 1.54) is 6.07 Å². The minimum absolute atomic E-state index is 0.0576. The maximum absolute atomic E-state index is 12.2. The number of benzene rings is 1. The number of carbonyl (C=O) groups is 1. The summed E-state index contributed by atoms with van der Waals surface area (Å²) in [5, 5.41) is 15.8. The van der Waals surface area contributed by atoms with E-state index in [2.05, 4.69) is 0 Å². The number of nitrogens with zero attached hydrogens (tertiary/aromatic N) is 1. The molecule has 1 aromatic rings. The highest BCUT2D eigenvalue weighted by atomic mass is 32.2. The number of nitrogens with two attached hydrogens (primary N) is 1. The lowest BCUT2D eigenvalue weighted by Crippen LogP contribution is -2.32. The van der Waals surface area contributed by atoms with Gasteiger partial charge in [-0.3, -0.25) is 4.79 Å². The lowest BCUT2D eigenvalue weighted by Gasteiger charge is -2.17. The molecule has 8 heteroatoms. The maximum atomic E-state index is 12.2. The van der Waals surface area contributed by atoms with Gasteiger partial charge in [0.25, 0.3) is 0 Å². The van der Waals surface area contributed by atoms with Gasteiger partial charge in [-0.25, -0.2) is 8.42 Å².